The predicted octanol–water partition coefficient (Wildman–Crippen LogP) is 3.84. The van der Waals surface area contributed by atoms with Crippen molar-refractivity contribution in [1.82, 2.24) is 0 Å². The van der Waals surface area contributed by atoms with Gasteiger partial charge >= 0.3 is 0 Å². The molecule has 1 aliphatic carbocycles. The molecule has 1 fully saturated rings. The summed E-state index contributed by atoms with van der Waals surface area (Å²) in [6.45, 7) is 2.05. The summed E-state index contributed by atoms with van der Waals surface area (Å²) in [6.07, 6.45) is 4.94. The second-order valence-electron chi connectivity index (χ2n) is 5.67. The maximum absolute atomic E-state index is 13.5. The fourth-order valence-corrected chi connectivity index (χ4v) is 2.85. The summed E-state index contributed by atoms with van der Waals surface area (Å²) < 4.78 is 26.6. The first-order valence-electron chi connectivity index (χ1n) is 6.63. The van der Waals surface area contributed by atoms with Gasteiger partial charge in [0.1, 0.15) is 11.6 Å². The number of aliphatic hydroxyl groups excluding tert-OH is 1. The number of halogens is 2. The molecular formula is C15H20F2O. The van der Waals surface area contributed by atoms with E-state index in [1.54, 1.807) is 0 Å². The second kappa shape index (κ2) is 5.35. The molecule has 0 spiro atoms. The minimum atomic E-state index is -0.603. The molecule has 0 saturated heterocycles. The van der Waals surface area contributed by atoms with Crippen molar-refractivity contribution in [2.75, 3.05) is 0 Å². The van der Waals surface area contributed by atoms with Crippen molar-refractivity contribution in [3.8, 4) is 0 Å². The van der Waals surface area contributed by atoms with E-state index in [4.69, 9.17) is 0 Å². The van der Waals surface area contributed by atoms with Crippen LogP contribution in [-0.2, 0) is 6.42 Å². The molecule has 1 N–H and O–H groups in total. The fourth-order valence-electron chi connectivity index (χ4n) is 2.85. The van der Waals surface area contributed by atoms with Crippen molar-refractivity contribution in [2.45, 2.75) is 51.6 Å². The lowest BCUT2D eigenvalue weighted by Gasteiger charge is -2.38. The highest BCUT2D eigenvalue weighted by Crippen LogP contribution is 2.39. The number of benzene rings is 1. The maximum atomic E-state index is 13.5. The summed E-state index contributed by atoms with van der Waals surface area (Å²) in [5, 5.41) is 10.3. The Hall–Kier alpha value is -0.960. The van der Waals surface area contributed by atoms with Gasteiger partial charge in [0.15, 0.2) is 0 Å². The average molecular weight is 254 g/mol. The van der Waals surface area contributed by atoms with Gasteiger partial charge in [0.05, 0.1) is 6.10 Å². The zero-order valence-electron chi connectivity index (χ0n) is 10.8. The van der Waals surface area contributed by atoms with Crippen LogP contribution in [0.1, 0.15) is 44.6 Å². The van der Waals surface area contributed by atoms with Gasteiger partial charge in [0.2, 0.25) is 0 Å². The van der Waals surface area contributed by atoms with Gasteiger partial charge in [-0.25, -0.2) is 8.78 Å². The smallest absolute Gasteiger partial charge is 0.126 e. The largest absolute Gasteiger partial charge is 0.392 e. The van der Waals surface area contributed by atoms with Crippen molar-refractivity contribution in [2.24, 2.45) is 5.41 Å². The fraction of sp³-hybridized carbons (Fsp3) is 0.600. The van der Waals surface area contributed by atoms with Crippen LogP contribution in [0, 0.1) is 17.0 Å². The molecule has 1 nitrogen and oxygen atoms in total. The van der Waals surface area contributed by atoms with Gasteiger partial charge in [-0.1, -0.05) is 26.2 Å². The van der Waals surface area contributed by atoms with Crippen molar-refractivity contribution < 1.29 is 13.9 Å². The second-order valence-corrected chi connectivity index (χ2v) is 5.67. The molecule has 1 aromatic rings. The van der Waals surface area contributed by atoms with Crippen molar-refractivity contribution in [3.63, 3.8) is 0 Å². The Balaban J connectivity index is 2.10. The number of hydrogen-bond donors (Lipinski definition) is 1. The van der Waals surface area contributed by atoms with E-state index >= 15 is 0 Å². The molecule has 0 heterocycles. The van der Waals surface area contributed by atoms with Crippen molar-refractivity contribution in [3.05, 3.63) is 35.4 Å². The summed E-state index contributed by atoms with van der Waals surface area (Å²) in [4.78, 5) is 0. The molecule has 0 amide bonds. The third-order valence-electron chi connectivity index (χ3n) is 4.22. The van der Waals surface area contributed by atoms with Gasteiger partial charge in [-0.15, -0.1) is 0 Å². The van der Waals surface area contributed by atoms with E-state index in [-0.39, 0.29) is 17.4 Å². The van der Waals surface area contributed by atoms with Crippen molar-refractivity contribution in [1.29, 1.82) is 0 Å². The lowest BCUT2D eigenvalue weighted by Crippen LogP contribution is -2.36. The Morgan fingerprint density at radius 3 is 2.56 bits per heavy atom. The molecule has 0 bridgehead atoms. The van der Waals surface area contributed by atoms with Crippen LogP contribution in [0.25, 0.3) is 0 Å². The molecule has 1 aliphatic rings. The topological polar surface area (TPSA) is 20.2 Å². The lowest BCUT2D eigenvalue weighted by molar-refractivity contribution is 0.00985. The first-order valence-corrected chi connectivity index (χ1v) is 6.63. The highest BCUT2D eigenvalue weighted by atomic mass is 19.1. The van der Waals surface area contributed by atoms with Gasteiger partial charge in [0, 0.05) is 6.42 Å². The third kappa shape index (κ3) is 2.89. The molecule has 1 saturated carbocycles. The Kier molecular flexibility index (Phi) is 4.00. The summed E-state index contributed by atoms with van der Waals surface area (Å²) >= 11 is 0. The van der Waals surface area contributed by atoms with E-state index in [0.29, 0.717) is 0 Å². The van der Waals surface area contributed by atoms with Gasteiger partial charge in [-0.2, -0.15) is 0 Å². The van der Waals surface area contributed by atoms with Crippen LogP contribution < -0.4 is 0 Å². The molecule has 1 aromatic carbocycles. The van der Waals surface area contributed by atoms with E-state index in [0.717, 1.165) is 37.8 Å². The minimum absolute atomic E-state index is 0.156. The first kappa shape index (κ1) is 13.5. The van der Waals surface area contributed by atoms with E-state index in [1.807, 2.05) is 6.92 Å². The van der Waals surface area contributed by atoms with Crippen LogP contribution in [0.3, 0.4) is 0 Å². The molecule has 0 aromatic heterocycles. The van der Waals surface area contributed by atoms with Gasteiger partial charge in [0.25, 0.3) is 0 Å². The quantitative estimate of drug-likeness (QED) is 0.869. The Labute approximate surface area is 107 Å². The van der Waals surface area contributed by atoms with Crippen LogP contribution in [-0.4, -0.2) is 11.2 Å². The monoisotopic (exact) mass is 254 g/mol. The molecule has 18 heavy (non-hydrogen) atoms. The Morgan fingerprint density at radius 2 is 1.89 bits per heavy atom. The van der Waals surface area contributed by atoms with Crippen molar-refractivity contribution >= 4 is 0 Å². The SMILES string of the molecule is CC1(C(O)Cc2cc(F)ccc2F)CCCCC1. The molecule has 100 valence electrons. The molecule has 0 aliphatic heterocycles. The van der Waals surface area contributed by atoms with Crippen LogP contribution in [0.4, 0.5) is 8.78 Å². The highest BCUT2D eigenvalue weighted by molar-refractivity contribution is 5.20. The molecule has 0 radical (unpaired) electrons. The summed E-state index contributed by atoms with van der Waals surface area (Å²) in [5.74, 6) is -0.887. The normalized spacial score (nSPS) is 20.7. The van der Waals surface area contributed by atoms with Crippen LogP contribution in [0.15, 0.2) is 18.2 Å². The molecule has 1 atom stereocenters. The lowest BCUT2D eigenvalue weighted by atomic mass is 9.70. The molecule has 1 unspecified atom stereocenters. The van der Waals surface area contributed by atoms with Crippen LogP contribution in [0.5, 0.6) is 0 Å². The minimum Gasteiger partial charge on any atom is -0.392 e. The Bertz CT molecular complexity index is 411. The number of aliphatic hydroxyl groups is 1. The summed E-state index contributed by atoms with van der Waals surface area (Å²) in [6, 6.07) is 3.42. The summed E-state index contributed by atoms with van der Waals surface area (Å²) in [7, 11) is 0. The zero-order valence-corrected chi connectivity index (χ0v) is 10.8. The number of rotatable bonds is 3. The van der Waals surface area contributed by atoms with Gasteiger partial charge < -0.3 is 5.11 Å². The van der Waals surface area contributed by atoms with E-state index in [9.17, 15) is 13.9 Å². The highest BCUT2D eigenvalue weighted by Gasteiger charge is 2.34. The Morgan fingerprint density at radius 1 is 1.22 bits per heavy atom. The predicted molar refractivity (Wildman–Crippen MR) is 67.3 cm³/mol. The van der Waals surface area contributed by atoms with E-state index in [1.165, 1.54) is 12.5 Å². The third-order valence-corrected chi connectivity index (χ3v) is 4.22. The first-order chi connectivity index (χ1) is 8.51. The van der Waals surface area contributed by atoms with Gasteiger partial charge in [-0.05, 0) is 42.0 Å². The molecular weight excluding hydrogens is 234 g/mol. The van der Waals surface area contributed by atoms with E-state index < -0.39 is 17.7 Å². The molecule has 3 heteroatoms. The van der Waals surface area contributed by atoms with Gasteiger partial charge in [-0.3, -0.25) is 0 Å². The van der Waals surface area contributed by atoms with E-state index in [2.05, 4.69) is 0 Å². The van der Waals surface area contributed by atoms with Crippen LogP contribution >= 0.6 is 0 Å². The average Bonchev–Trinajstić information content (AvgIpc) is 2.35. The number of hydrogen-bond acceptors (Lipinski definition) is 1. The molecule has 2 rings (SSSR count). The standard InChI is InChI=1S/C15H20F2O/c1-15(7-3-2-4-8-15)14(18)10-11-9-12(16)5-6-13(11)17/h5-6,9,14,18H,2-4,7-8,10H2,1H3. The zero-order chi connectivity index (χ0) is 13.2. The maximum Gasteiger partial charge on any atom is 0.126 e. The van der Waals surface area contributed by atoms with Crippen LogP contribution in [0.2, 0.25) is 0 Å². The summed E-state index contributed by atoms with van der Waals surface area (Å²) in [5.41, 5.74) is 0.117.